The fourth-order valence-electron chi connectivity index (χ4n) is 1.69. The van der Waals surface area contributed by atoms with Crippen LogP contribution in [-0.4, -0.2) is 32.2 Å². The third-order valence-electron chi connectivity index (χ3n) is 2.92. The number of carboxylic acid groups (broad SMARTS) is 1. The number of hydrogen-bond donors (Lipinski definition) is 4. The van der Waals surface area contributed by atoms with E-state index in [9.17, 15) is 18.8 Å². The number of anilines is 2. The molecule has 0 unspecified atom stereocenters. The number of H-pyrrole nitrogens is 1. The Morgan fingerprint density at radius 2 is 2.08 bits per heavy atom. The van der Waals surface area contributed by atoms with Gasteiger partial charge in [-0.25, -0.2) is 9.37 Å². The van der Waals surface area contributed by atoms with Gasteiger partial charge in [-0.15, -0.1) is 0 Å². The molecule has 0 fully saturated rings. The fourth-order valence-corrected chi connectivity index (χ4v) is 2.43. The van der Waals surface area contributed by atoms with Gasteiger partial charge < -0.3 is 16.2 Å². The van der Waals surface area contributed by atoms with Gasteiger partial charge in [0.15, 0.2) is 11.0 Å². The van der Waals surface area contributed by atoms with E-state index in [2.05, 4.69) is 15.3 Å². The van der Waals surface area contributed by atoms with Crippen molar-refractivity contribution in [3.05, 3.63) is 46.0 Å². The van der Waals surface area contributed by atoms with Crippen LogP contribution in [0.15, 0.2) is 34.2 Å². The molecule has 5 N–H and O–H groups in total. The number of nitrogens with one attached hydrogen (secondary N) is 2. The third kappa shape index (κ3) is 3.90. The van der Waals surface area contributed by atoms with E-state index >= 15 is 0 Å². The number of aromatic nitrogens is 2. The number of aliphatic carboxylic acids is 1. The Balaban J connectivity index is 2.26. The number of hydrogen-bond acceptors (Lipinski definition) is 6. The number of halogens is 1. The largest absolute Gasteiger partial charge is 0.480 e. The molecule has 1 heterocycles. The van der Waals surface area contributed by atoms with Crippen LogP contribution in [0.4, 0.5) is 15.9 Å². The highest BCUT2D eigenvalue weighted by Gasteiger charge is 2.19. The molecular weight excluding hydrogens is 339 g/mol. The van der Waals surface area contributed by atoms with Crippen molar-refractivity contribution in [2.45, 2.75) is 17.3 Å². The van der Waals surface area contributed by atoms with Crippen molar-refractivity contribution in [2.75, 3.05) is 11.1 Å². The first kappa shape index (κ1) is 17.5. The van der Waals surface area contributed by atoms with E-state index in [0.717, 1.165) is 17.8 Å². The monoisotopic (exact) mass is 352 g/mol. The van der Waals surface area contributed by atoms with Gasteiger partial charge in [0.1, 0.15) is 16.8 Å². The topological polar surface area (TPSA) is 138 Å². The number of carbonyl (C=O) groups is 2. The van der Waals surface area contributed by atoms with Gasteiger partial charge in [0.25, 0.3) is 11.5 Å². The summed E-state index contributed by atoms with van der Waals surface area (Å²) in [6, 6.07) is 5.25. The Hall–Kier alpha value is -2.88. The van der Waals surface area contributed by atoms with Crippen molar-refractivity contribution >= 4 is 35.1 Å². The summed E-state index contributed by atoms with van der Waals surface area (Å²) in [6.07, 6.45) is 0. The zero-order valence-corrected chi connectivity index (χ0v) is 13.2. The summed E-state index contributed by atoms with van der Waals surface area (Å²) in [4.78, 5) is 41.0. The zero-order chi connectivity index (χ0) is 17.9. The lowest BCUT2D eigenvalue weighted by molar-refractivity contribution is -0.136. The smallest absolute Gasteiger partial charge is 0.316 e. The van der Waals surface area contributed by atoms with Crippen LogP contribution in [0.3, 0.4) is 0 Å². The number of aromatic amines is 1. The van der Waals surface area contributed by atoms with Crippen LogP contribution < -0.4 is 16.6 Å². The lowest BCUT2D eigenvalue weighted by Gasteiger charge is -2.10. The Bertz CT molecular complexity index is 855. The van der Waals surface area contributed by atoms with Crippen LogP contribution in [0.2, 0.25) is 0 Å². The maximum absolute atomic E-state index is 13.6. The highest BCUT2D eigenvalue weighted by molar-refractivity contribution is 8.00. The van der Waals surface area contributed by atoms with Crippen LogP contribution in [0.25, 0.3) is 0 Å². The van der Waals surface area contributed by atoms with Gasteiger partial charge in [-0.1, -0.05) is 23.9 Å². The summed E-state index contributed by atoms with van der Waals surface area (Å²) in [7, 11) is 0. The van der Waals surface area contributed by atoms with Crippen molar-refractivity contribution in [3.8, 4) is 0 Å². The molecule has 1 atom stereocenters. The van der Waals surface area contributed by atoms with E-state index in [4.69, 9.17) is 10.8 Å². The standard InChI is InChI=1S/C14H13FN4O4S/c1-6(13(22)23)24-14-18-10(16)9(12(21)19-14)17-11(20)7-4-2-3-5-8(7)15/h2-6H,1H3,(H,17,20)(H,22,23)(H3,16,18,19,21)/t6-/m1/s1. The number of thioether (sulfide) groups is 1. The quantitative estimate of drug-likeness (QED) is 0.470. The molecule has 1 aromatic carbocycles. The van der Waals surface area contributed by atoms with Crippen molar-refractivity contribution in [1.82, 2.24) is 9.97 Å². The van der Waals surface area contributed by atoms with Crippen molar-refractivity contribution in [3.63, 3.8) is 0 Å². The van der Waals surface area contributed by atoms with Crippen molar-refractivity contribution < 1.29 is 19.1 Å². The van der Waals surface area contributed by atoms with E-state index in [1.165, 1.54) is 25.1 Å². The number of nitrogen functional groups attached to an aromatic ring is 1. The Kier molecular flexibility index (Phi) is 5.19. The summed E-state index contributed by atoms with van der Waals surface area (Å²) in [6.45, 7) is 1.41. The summed E-state index contributed by atoms with van der Waals surface area (Å²) in [5.74, 6) is -2.99. The molecule has 0 saturated carbocycles. The number of rotatable bonds is 5. The maximum atomic E-state index is 13.6. The van der Waals surface area contributed by atoms with Gasteiger partial charge in [0, 0.05) is 0 Å². The van der Waals surface area contributed by atoms with Crippen molar-refractivity contribution in [2.24, 2.45) is 0 Å². The number of nitrogens with two attached hydrogens (primary N) is 1. The van der Waals surface area contributed by atoms with E-state index in [-0.39, 0.29) is 22.2 Å². The summed E-state index contributed by atoms with van der Waals surface area (Å²) < 4.78 is 13.6. The van der Waals surface area contributed by atoms with Gasteiger partial charge in [0.05, 0.1) is 5.56 Å². The van der Waals surface area contributed by atoms with Gasteiger partial charge in [-0.2, -0.15) is 0 Å². The molecule has 0 spiro atoms. The van der Waals surface area contributed by atoms with Crippen LogP contribution in [0, 0.1) is 5.82 Å². The van der Waals surface area contributed by atoms with Crippen LogP contribution >= 0.6 is 11.8 Å². The average molecular weight is 352 g/mol. The maximum Gasteiger partial charge on any atom is 0.316 e. The Morgan fingerprint density at radius 1 is 1.42 bits per heavy atom. The summed E-state index contributed by atoms with van der Waals surface area (Å²) >= 11 is 0.788. The summed E-state index contributed by atoms with van der Waals surface area (Å²) in [5, 5.41) is 10.2. The van der Waals surface area contributed by atoms with Crippen molar-refractivity contribution in [1.29, 1.82) is 0 Å². The summed E-state index contributed by atoms with van der Waals surface area (Å²) in [5.41, 5.74) is 4.27. The first-order valence-electron chi connectivity index (χ1n) is 6.64. The molecule has 10 heteroatoms. The zero-order valence-electron chi connectivity index (χ0n) is 12.4. The molecule has 0 aliphatic heterocycles. The van der Waals surface area contributed by atoms with Gasteiger partial charge in [-0.05, 0) is 19.1 Å². The minimum absolute atomic E-state index is 0.00343. The fraction of sp³-hybridized carbons (Fsp3) is 0.143. The second kappa shape index (κ2) is 7.13. The van der Waals surface area contributed by atoms with Gasteiger partial charge >= 0.3 is 5.97 Å². The van der Waals surface area contributed by atoms with E-state index in [0.29, 0.717) is 0 Å². The lowest BCUT2D eigenvalue weighted by atomic mass is 10.2. The first-order valence-corrected chi connectivity index (χ1v) is 7.52. The Morgan fingerprint density at radius 3 is 2.67 bits per heavy atom. The predicted octanol–water partition coefficient (Wildman–Crippen LogP) is 1.31. The number of carboxylic acids is 1. The highest BCUT2D eigenvalue weighted by atomic mass is 32.2. The average Bonchev–Trinajstić information content (AvgIpc) is 2.51. The normalized spacial score (nSPS) is 11.8. The third-order valence-corrected chi connectivity index (χ3v) is 3.89. The van der Waals surface area contributed by atoms with E-state index < -0.39 is 28.5 Å². The van der Waals surface area contributed by atoms with E-state index in [1.54, 1.807) is 0 Å². The number of carbonyl (C=O) groups excluding carboxylic acids is 1. The second-order valence-electron chi connectivity index (χ2n) is 4.66. The van der Waals surface area contributed by atoms with Crippen LogP contribution in [0.1, 0.15) is 17.3 Å². The Labute approximate surface area is 139 Å². The SMILES string of the molecule is C[C@@H](Sc1nc(N)c(NC(=O)c2ccccc2F)c(=O)[nH]1)C(=O)O. The molecule has 24 heavy (non-hydrogen) atoms. The number of benzene rings is 1. The molecular formula is C14H13FN4O4S. The minimum atomic E-state index is -1.09. The molecule has 2 aromatic rings. The molecule has 1 amide bonds. The van der Waals surface area contributed by atoms with Crippen LogP contribution in [-0.2, 0) is 4.79 Å². The number of amides is 1. The lowest BCUT2D eigenvalue weighted by Crippen LogP contribution is -2.24. The first-order chi connectivity index (χ1) is 11.3. The molecule has 8 nitrogen and oxygen atoms in total. The van der Waals surface area contributed by atoms with Crippen LogP contribution in [0.5, 0.6) is 0 Å². The molecule has 0 saturated heterocycles. The highest BCUT2D eigenvalue weighted by Crippen LogP contribution is 2.21. The molecule has 0 radical (unpaired) electrons. The molecule has 1 aromatic heterocycles. The number of nitrogens with zero attached hydrogens (tertiary/aromatic N) is 1. The molecule has 126 valence electrons. The molecule has 0 aliphatic rings. The van der Waals surface area contributed by atoms with Gasteiger partial charge in [-0.3, -0.25) is 19.4 Å². The minimum Gasteiger partial charge on any atom is -0.480 e. The predicted molar refractivity (Wildman–Crippen MR) is 86.6 cm³/mol. The molecule has 2 rings (SSSR count). The molecule has 0 bridgehead atoms. The van der Waals surface area contributed by atoms with E-state index in [1.807, 2.05) is 0 Å². The second-order valence-corrected chi connectivity index (χ2v) is 5.99. The molecule has 0 aliphatic carbocycles. The van der Waals surface area contributed by atoms with Gasteiger partial charge in [0.2, 0.25) is 0 Å².